The Morgan fingerprint density at radius 2 is 2.09 bits per heavy atom. The zero-order valence-corrected chi connectivity index (χ0v) is 12.8. The molecule has 0 saturated carbocycles. The molecule has 0 radical (unpaired) electrons. The Hall–Kier alpha value is -2.41. The number of methoxy groups -OCH3 is 1. The van der Waals surface area contributed by atoms with Crippen molar-refractivity contribution >= 4 is 5.91 Å². The minimum atomic E-state index is -0.340. The van der Waals surface area contributed by atoms with E-state index in [9.17, 15) is 9.18 Å². The summed E-state index contributed by atoms with van der Waals surface area (Å²) in [6.07, 6.45) is 1.59. The summed E-state index contributed by atoms with van der Waals surface area (Å²) < 4.78 is 25.6. The van der Waals surface area contributed by atoms with E-state index in [4.69, 9.17) is 9.47 Å². The van der Waals surface area contributed by atoms with Crippen molar-refractivity contribution in [3.63, 3.8) is 0 Å². The first-order chi connectivity index (χ1) is 11.2. The molecule has 0 bridgehead atoms. The lowest BCUT2D eigenvalue weighted by Gasteiger charge is -2.23. The maximum absolute atomic E-state index is 12.9. The van der Waals surface area contributed by atoms with Crippen LogP contribution in [0.25, 0.3) is 0 Å². The van der Waals surface area contributed by atoms with Gasteiger partial charge in [-0.05, 0) is 30.3 Å². The van der Waals surface area contributed by atoms with Crippen molar-refractivity contribution in [1.82, 2.24) is 14.7 Å². The van der Waals surface area contributed by atoms with Gasteiger partial charge >= 0.3 is 0 Å². The third-order valence-electron chi connectivity index (χ3n) is 3.82. The van der Waals surface area contributed by atoms with Gasteiger partial charge in [0.15, 0.2) is 6.61 Å². The van der Waals surface area contributed by atoms with Crippen LogP contribution in [0.2, 0.25) is 0 Å². The van der Waals surface area contributed by atoms with Crippen molar-refractivity contribution in [3.05, 3.63) is 48.0 Å². The topological polar surface area (TPSA) is 56.6 Å². The van der Waals surface area contributed by atoms with E-state index >= 15 is 0 Å². The van der Waals surface area contributed by atoms with Crippen LogP contribution in [0.4, 0.5) is 4.39 Å². The molecule has 2 heterocycles. The number of nitrogens with zero attached hydrogens (tertiary/aromatic N) is 3. The molecule has 1 amide bonds. The summed E-state index contributed by atoms with van der Waals surface area (Å²) in [5.74, 6) is -0.0266. The molecule has 2 aromatic rings. The number of carbonyl (C=O) groups is 1. The van der Waals surface area contributed by atoms with Crippen LogP contribution in [0, 0.1) is 5.82 Å². The molecule has 1 aliphatic rings. The summed E-state index contributed by atoms with van der Waals surface area (Å²) in [6.45, 7) is 1.45. The Labute approximate surface area is 133 Å². The molecule has 1 aromatic heterocycles. The van der Waals surface area contributed by atoms with Gasteiger partial charge in [-0.3, -0.25) is 9.48 Å². The number of fused-ring (bicyclic) bond motifs is 1. The highest BCUT2D eigenvalue weighted by atomic mass is 19.1. The fourth-order valence-electron chi connectivity index (χ4n) is 2.52. The van der Waals surface area contributed by atoms with Crippen LogP contribution < -0.4 is 4.74 Å². The number of benzene rings is 1. The summed E-state index contributed by atoms with van der Waals surface area (Å²) in [5.41, 5.74) is 0.958. The van der Waals surface area contributed by atoms with Gasteiger partial charge in [0, 0.05) is 19.9 Å². The lowest BCUT2D eigenvalue weighted by Crippen LogP contribution is -2.39. The van der Waals surface area contributed by atoms with Crippen LogP contribution in [-0.2, 0) is 22.6 Å². The molecule has 0 N–H and O–H groups in total. The summed E-state index contributed by atoms with van der Waals surface area (Å²) in [6, 6.07) is 7.48. The smallest absolute Gasteiger partial charge is 0.260 e. The first kappa shape index (κ1) is 15.5. The zero-order chi connectivity index (χ0) is 16.2. The molecule has 1 aromatic carbocycles. The molecule has 0 aliphatic carbocycles. The monoisotopic (exact) mass is 319 g/mol. The third kappa shape index (κ3) is 3.68. The van der Waals surface area contributed by atoms with Gasteiger partial charge in [-0.2, -0.15) is 5.10 Å². The van der Waals surface area contributed by atoms with Gasteiger partial charge in [0.2, 0.25) is 0 Å². The minimum Gasteiger partial charge on any atom is -0.484 e. The predicted molar refractivity (Wildman–Crippen MR) is 80.3 cm³/mol. The first-order valence-corrected chi connectivity index (χ1v) is 7.35. The molecular formula is C16H18FN3O3. The quantitative estimate of drug-likeness (QED) is 0.856. The second-order valence-electron chi connectivity index (χ2n) is 5.38. The van der Waals surface area contributed by atoms with E-state index in [1.54, 1.807) is 18.2 Å². The van der Waals surface area contributed by atoms with Gasteiger partial charge in [-0.15, -0.1) is 0 Å². The van der Waals surface area contributed by atoms with E-state index in [2.05, 4.69) is 5.10 Å². The molecule has 7 heteroatoms. The molecule has 0 spiro atoms. The molecular weight excluding hydrogens is 301 g/mol. The molecule has 0 saturated heterocycles. The molecule has 0 fully saturated rings. The Morgan fingerprint density at radius 1 is 1.30 bits per heavy atom. The fraction of sp³-hybridized carbons (Fsp3) is 0.375. The van der Waals surface area contributed by atoms with Crippen molar-refractivity contribution in [1.29, 1.82) is 0 Å². The van der Waals surface area contributed by atoms with Gasteiger partial charge in [-0.25, -0.2) is 4.39 Å². The maximum atomic E-state index is 12.9. The number of amides is 1. The van der Waals surface area contributed by atoms with Gasteiger partial charge < -0.3 is 14.4 Å². The average Bonchev–Trinajstić information content (AvgIpc) is 2.91. The molecule has 3 rings (SSSR count). The Kier molecular flexibility index (Phi) is 4.57. The first-order valence-electron chi connectivity index (χ1n) is 7.35. The Bertz CT molecular complexity index is 671. The zero-order valence-electron chi connectivity index (χ0n) is 12.8. The molecule has 1 atom stereocenters. The number of ether oxygens (including phenoxy) is 2. The summed E-state index contributed by atoms with van der Waals surface area (Å²) in [7, 11) is 1.62. The largest absolute Gasteiger partial charge is 0.484 e. The minimum absolute atomic E-state index is 0.101. The maximum Gasteiger partial charge on any atom is 0.260 e. The highest BCUT2D eigenvalue weighted by Gasteiger charge is 2.25. The second kappa shape index (κ2) is 6.78. The number of aromatic nitrogens is 2. The lowest BCUT2D eigenvalue weighted by atomic mass is 10.3. The predicted octanol–water partition coefficient (Wildman–Crippen LogP) is 1.46. The number of hydrogen-bond acceptors (Lipinski definition) is 4. The van der Waals surface area contributed by atoms with Gasteiger partial charge in [0.25, 0.3) is 5.91 Å². The highest BCUT2D eigenvalue weighted by molar-refractivity contribution is 5.77. The standard InChI is InChI=1S/C16H18FN3O3/c1-22-15-9-19(8-13-6-7-18-20(13)10-15)16(21)11-23-14-4-2-12(17)3-5-14/h2-7,15H,8-11H2,1H3/t15-/m0/s1. The molecule has 0 unspecified atom stereocenters. The van der Waals surface area contributed by atoms with E-state index < -0.39 is 0 Å². The van der Waals surface area contributed by atoms with Gasteiger partial charge in [0.1, 0.15) is 11.6 Å². The van der Waals surface area contributed by atoms with Crippen LogP contribution in [-0.4, -0.2) is 47.0 Å². The van der Waals surface area contributed by atoms with Crippen molar-refractivity contribution in [2.45, 2.75) is 19.2 Å². The van der Waals surface area contributed by atoms with Crippen LogP contribution in [0.1, 0.15) is 5.69 Å². The van der Waals surface area contributed by atoms with E-state index in [1.807, 2.05) is 10.7 Å². The SMILES string of the molecule is CO[C@H]1CN(C(=O)COc2ccc(F)cc2)Cc2ccnn2C1. The van der Waals surface area contributed by atoms with E-state index in [0.717, 1.165) is 5.69 Å². The van der Waals surface area contributed by atoms with Crippen molar-refractivity contribution in [2.24, 2.45) is 0 Å². The highest BCUT2D eigenvalue weighted by Crippen LogP contribution is 2.15. The fourth-order valence-corrected chi connectivity index (χ4v) is 2.52. The van der Waals surface area contributed by atoms with E-state index in [0.29, 0.717) is 25.4 Å². The van der Waals surface area contributed by atoms with Gasteiger partial charge in [0.05, 0.1) is 24.9 Å². The molecule has 122 valence electrons. The third-order valence-corrected chi connectivity index (χ3v) is 3.82. The summed E-state index contributed by atoms with van der Waals surface area (Å²) in [4.78, 5) is 14.1. The van der Waals surface area contributed by atoms with Crippen molar-refractivity contribution in [2.75, 3.05) is 20.3 Å². The van der Waals surface area contributed by atoms with Crippen LogP contribution >= 0.6 is 0 Å². The molecule has 1 aliphatic heterocycles. The number of rotatable bonds is 4. The average molecular weight is 319 g/mol. The summed E-state index contributed by atoms with van der Waals surface area (Å²) >= 11 is 0. The summed E-state index contributed by atoms with van der Waals surface area (Å²) in [5, 5.41) is 4.24. The van der Waals surface area contributed by atoms with Crippen LogP contribution in [0.5, 0.6) is 5.75 Å². The van der Waals surface area contributed by atoms with Gasteiger partial charge in [-0.1, -0.05) is 0 Å². The number of carbonyl (C=O) groups excluding carboxylic acids is 1. The Balaban J connectivity index is 1.65. The molecule has 23 heavy (non-hydrogen) atoms. The number of hydrogen-bond donors (Lipinski definition) is 0. The number of halogens is 1. The second-order valence-corrected chi connectivity index (χ2v) is 5.38. The van der Waals surface area contributed by atoms with Crippen LogP contribution in [0.15, 0.2) is 36.5 Å². The van der Waals surface area contributed by atoms with Crippen molar-refractivity contribution in [3.8, 4) is 5.75 Å². The van der Waals surface area contributed by atoms with E-state index in [-0.39, 0.29) is 24.4 Å². The lowest BCUT2D eigenvalue weighted by molar-refractivity contribution is -0.135. The normalized spacial score (nSPS) is 17.5. The van der Waals surface area contributed by atoms with Crippen LogP contribution in [0.3, 0.4) is 0 Å². The van der Waals surface area contributed by atoms with Crippen molar-refractivity contribution < 1.29 is 18.7 Å². The van der Waals surface area contributed by atoms with E-state index in [1.165, 1.54) is 24.3 Å². The molecule has 6 nitrogen and oxygen atoms in total. The Morgan fingerprint density at radius 3 is 2.83 bits per heavy atom.